The maximum absolute atomic E-state index is 12.1. The Morgan fingerprint density at radius 2 is 1.46 bits per heavy atom. The first kappa shape index (κ1) is 22.1. The number of guanidine groups is 1. The third-order valence-corrected chi connectivity index (χ3v) is 3.76. The quantitative estimate of drug-likeness (QED) is 0.387. The fraction of sp³-hybridized carbons (Fsp3) is 0.722. The molecule has 138 valence electrons. The topological polar surface area (TPSA) is 57.5 Å². The summed E-state index contributed by atoms with van der Waals surface area (Å²) < 4.78 is 5.42. The van der Waals surface area contributed by atoms with Crippen LogP contribution < -0.4 is 0 Å². The van der Waals surface area contributed by atoms with E-state index < -0.39 is 5.60 Å². The van der Waals surface area contributed by atoms with Crippen LogP contribution in [0.1, 0.15) is 34.6 Å². The number of aliphatic imine (C=N–C) groups is 2. The largest absolute Gasteiger partial charge is 0.444 e. The van der Waals surface area contributed by atoms with Crippen molar-refractivity contribution >= 4 is 18.8 Å². The lowest BCUT2D eigenvalue weighted by Crippen LogP contribution is -2.38. The van der Waals surface area contributed by atoms with E-state index in [0.717, 1.165) is 26.2 Å². The zero-order valence-electron chi connectivity index (χ0n) is 16.2. The lowest BCUT2D eigenvalue weighted by atomic mass is 10.0. The third-order valence-electron chi connectivity index (χ3n) is 3.76. The van der Waals surface area contributed by atoms with Crippen molar-refractivity contribution in [3.05, 3.63) is 13.2 Å². The molecule has 0 aromatic rings. The van der Waals surface area contributed by atoms with Gasteiger partial charge in [-0.25, -0.2) is 9.79 Å². The van der Waals surface area contributed by atoms with Gasteiger partial charge in [-0.1, -0.05) is 13.8 Å². The molecule has 2 rings (SSSR count). The lowest BCUT2D eigenvalue weighted by molar-refractivity contribution is 0.0278. The van der Waals surface area contributed by atoms with E-state index in [4.69, 9.17) is 4.74 Å². The van der Waals surface area contributed by atoms with Gasteiger partial charge < -0.3 is 14.5 Å². The van der Waals surface area contributed by atoms with Crippen molar-refractivity contribution in [2.75, 3.05) is 33.2 Å². The standard InChI is InChI=1S/C14H24N4O2.C2H6.C2H4/c1-14(2,3)20-13(19)18-8-10-6-17(7-11(10)9-18)12(15-4)16-5;2*1-2/h10-11H,4,6-9H2,1-3,5H3;1-2H3;1-2H2. The van der Waals surface area contributed by atoms with Crippen LogP contribution in [0.4, 0.5) is 4.79 Å². The SMILES string of the molecule is C=C.C=NC(=NC)N1CC2CN(C(=O)OC(C)(C)C)CC2C1.CC. The number of likely N-dealkylation sites (tertiary alicyclic amines) is 2. The number of carbonyl (C=O) groups is 1. The molecule has 0 bridgehead atoms. The smallest absolute Gasteiger partial charge is 0.410 e. The number of fused-ring (bicyclic) bond motifs is 1. The Morgan fingerprint density at radius 1 is 1.04 bits per heavy atom. The van der Waals surface area contributed by atoms with Gasteiger partial charge >= 0.3 is 6.09 Å². The second-order valence-electron chi connectivity index (χ2n) is 6.49. The van der Waals surface area contributed by atoms with E-state index in [1.165, 1.54) is 0 Å². The van der Waals surface area contributed by atoms with Crippen LogP contribution >= 0.6 is 0 Å². The molecule has 1 amide bonds. The number of hydrogen-bond acceptors (Lipinski definition) is 3. The van der Waals surface area contributed by atoms with Crippen LogP contribution in [0.15, 0.2) is 23.1 Å². The fourth-order valence-corrected chi connectivity index (χ4v) is 2.94. The highest BCUT2D eigenvalue weighted by Gasteiger charge is 2.43. The minimum Gasteiger partial charge on any atom is -0.444 e. The highest BCUT2D eigenvalue weighted by atomic mass is 16.6. The van der Waals surface area contributed by atoms with Crippen molar-refractivity contribution in [1.29, 1.82) is 0 Å². The molecule has 0 aliphatic carbocycles. The van der Waals surface area contributed by atoms with Gasteiger partial charge in [-0.3, -0.25) is 4.99 Å². The van der Waals surface area contributed by atoms with E-state index in [-0.39, 0.29) is 6.09 Å². The summed E-state index contributed by atoms with van der Waals surface area (Å²) in [6, 6.07) is 0. The van der Waals surface area contributed by atoms with Crippen LogP contribution in [0.5, 0.6) is 0 Å². The molecule has 2 unspecified atom stereocenters. The number of carbonyl (C=O) groups excluding carboxylic acids is 1. The number of ether oxygens (including phenoxy) is 1. The number of nitrogens with zero attached hydrogens (tertiary/aromatic N) is 4. The maximum Gasteiger partial charge on any atom is 0.410 e. The molecule has 2 fully saturated rings. The molecule has 0 saturated carbocycles. The van der Waals surface area contributed by atoms with E-state index in [2.05, 4.69) is 34.8 Å². The van der Waals surface area contributed by atoms with Gasteiger partial charge in [-0.2, -0.15) is 0 Å². The summed E-state index contributed by atoms with van der Waals surface area (Å²) in [5.74, 6) is 1.64. The Bertz CT molecular complexity index is 429. The Balaban J connectivity index is 0.00000123. The highest BCUT2D eigenvalue weighted by molar-refractivity contribution is 5.84. The van der Waals surface area contributed by atoms with E-state index >= 15 is 0 Å². The van der Waals surface area contributed by atoms with E-state index in [9.17, 15) is 4.79 Å². The van der Waals surface area contributed by atoms with Gasteiger partial charge in [-0.15, -0.1) is 13.2 Å². The van der Waals surface area contributed by atoms with Crippen molar-refractivity contribution < 1.29 is 9.53 Å². The second kappa shape index (κ2) is 10.1. The summed E-state index contributed by atoms with van der Waals surface area (Å²) in [6.07, 6.45) is -0.204. The van der Waals surface area contributed by atoms with Crippen molar-refractivity contribution in [2.24, 2.45) is 21.8 Å². The minimum absolute atomic E-state index is 0.204. The highest BCUT2D eigenvalue weighted by Crippen LogP contribution is 2.32. The lowest BCUT2D eigenvalue weighted by Gasteiger charge is -2.26. The van der Waals surface area contributed by atoms with Gasteiger partial charge in [0.2, 0.25) is 5.96 Å². The van der Waals surface area contributed by atoms with Gasteiger partial charge in [-0.05, 0) is 27.5 Å². The second-order valence-corrected chi connectivity index (χ2v) is 6.49. The Hall–Kier alpha value is -1.85. The van der Waals surface area contributed by atoms with Gasteiger partial charge in [0.05, 0.1) is 0 Å². The fourth-order valence-electron chi connectivity index (χ4n) is 2.94. The Morgan fingerprint density at radius 3 is 1.79 bits per heavy atom. The van der Waals surface area contributed by atoms with Crippen LogP contribution in [0.25, 0.3) is 0 Å². The van der Waals surface area contributed by atoms with Gasteiger partial charge in [0.25, 0.3) is 0 Å². The average Bonchev–Trinajstić information content (AvgIpc) is 3.10. The molecule has 0 aromatic carbocycles. The van der Waals surface area contributed by atoms with Gasteiger partial charge in [0, 0.05) is 45.1 Å². The van der Waals surface area contributed by atoms with Crippen molar-refractivity contribution in [3.63, 3.8) is 0 Å². The van der Waals surface area contributed by atoms with E-state index in [1.807, 2.05) is 39.5 Å². The molecule has 0 aromatic heterocycles. The van der Waals surface area contributed by atoms with E-state index in [1.54, 1.807) is 7.05 Å². The van der Waals surface area contributed by atoms with E-state index in [0.29, 0.717) is 17.8 Å². The van der Waals surface area contributed by atoms with Crippen molar-refractivity contribution in [2.45, 2.75) is 40.2 Å². The number of amides is 1. The molecule has 6 nitrogen and oxygen atoms in total. The van der Waals surface area contributed by atoms with Crippen molar-refractivity contribution in [1.82, 2.24) is 9.80 Å². The average molecular weight is 338 g/mol. The predicted molar refractivity (Wildman–Crippen MR) is 102 cm³/mol. The Kier molecular flexibility index (Phi) is 9.33. The van der Waals surface area contributed by atoms with Crippen LogP contribution in [0, 0.1) is 11.8 Å². The molecule has 2 atom stereocenters. The molecular formula is C18H34N4O2. The molecule has 6 heteroatoms. The van der Waals surface area contributed by atoms with Gasteiger partial charge in [0.15, 0.2) is 0 Å². The molecule has 2 heterocycles. The number of hydrogen-bond donors (Lipinski definition) is 0. The minimum atomic E-state index is -0.435. The van der Waals surface area contributed by atoms with Crippen molar-refractivity contribution in [3.8, 4) is 0 Å². The first-order chi connectivity index (χ1) is 11.3. The molecule has 0 spiro atoms. The Labute approximate surface area is 147 Å². The molecule has 0 N–H and O–H groups in total. The predicted octanol–water partition coefficient (Wildman–Crippen LogP) is 3.30. The summed E-state index contributed by atoms with van der Waals surface area (Å²) in [5, 5.41) is 0. The summed E-state index contributed by atoms with van der Waals surface area (Å²) >= 11 is 0. The number of rotatable bonds is 0. The summed E-state index contributed by atoms with van der Waals surface area (Å²) in [4.78, 5) is 24.1. The summed E-state index contributed by atoms with van der Waals surface area (Å²) in [7, 11) is 1.73. The first-order valence-corrected chi connectivity index (χ1v) is 8.50. The normalized spacial score (nSPS) is 22.7. The van der Waals surface area contributed by atoms with Crippen LogP contribution in [0.2, 0.25) is 0 Å². The molecular weight excluding hydrogens is 304 g/mol. The first-order valence-electron chi connectivity index (χ1n) is 8.50. The molecule has 2 aliphatic rings. The molecule has 2 aliphatic heterocycles. The monoisotopic (exact) mass is 338 g/mol. The zero-order valence-corrected chi connectivity index (χ0v) is 16.2. The third kappa shape index (κ3) is 5.98. The van der Waals surface area contributed by atoms with Crippen LogP contribution in [-0.2, 0) is 4.74 Å². The molecule has 2 saturated heterocycles. The zero-order chi connectivity index (χ0) is 18.9. The molecule has 0 radical (unpaired) electrons. The summed E-state index contributed by atoms with van der Waals surface area (Å²) in [5.41, 5.74) is -0.435. The molecule has 24 heavy (non-hydrogen) atoms. The van der Waals surface area contributed by atoms with Crippen LogP contribution in [0.3, 0.4) is 0 Å². The van der Waals surface area contributed by atoms with Crippen LogP contribution in [-0.4, -0.2) is 67.4 Å². The maximum atomic E-state index is 12.1. The summed E-state index contributed by atoms with van der Waals surface area (Å²) in [6.45, 7) is 22.5. The van der Waals surface area contributed by atoms with Gasteiger partial charge in [0.1, 0.15) is 5.60 Å².